The monoisotopic (exact) mass is 379 g/mol. The van der Waals surface area contributed by atoms with Crippen molar-refractivity contribution in [2.75, 3.05) is 19.3 Å². The normalized spacial score (nSPS) is 24.8. The molecule has 2 fully saturated rings. The van der Waals surface area contributed by atoms with E-state index in [1.54, 1.807) is 11.0 Å². The highest BCUT2D eigenvalue weighted by Gasteiger charge is 2.27. The summed E-state index contributed by atoms with van der Waals surface area (Å²) < 4.78 is 35.0. The summed E-state index contributed by atoms with van der Waals surface area (Å²) in [4.78, 5) is 6.09. The molecule has 26 heavy (non-hydrogen) atoms. The second-order valence-corrected chi connectivity index (χ2v) is 9.06. The Kier molecular flexibility index (Phi) is 5.99. The van der Waals surface area contributed by atoms with Gasteiger partial charge in [-0.3, -0.25) is 0 Å². The number of nitriles is 1. The molecule has 0 radical (unpaired) electrons. The lowest BCUT2D eigenvalue weighted by molar-refractivity contribution is -0.0624. The van der Waals surface area contributed by atoms with Crippen LogP contribution < -0.4 is 4.74 Å². The summed E-state index contributed by atoms with van der Waals surface area (Å²) in [5.41, 5.74) is 0. The quantitative estimate of drug-likeness (QED) is 0.724. The summed E-state index contributed by atoms with van der Waals surface area (Å²) in [6, 6.07) is 3.14. The van der Waals surface area contributed by atoms with E-state index < -0.39 is 9.84 Å². The maximum Gasteiger partial charge on any atom is 0.213 e. The number of ether oxygens (including phenoxy) is 2. The molecule has 0 spiro atoms. The molecule has 0 unspecified atom stereocenters. The number of hydrogen-bond donors (Lipinski definition) is 0. The van der Waals surface area contributed by atoms with Crippen molar-refractivity contribution in [3.8, 4) is 12.1 Å². The molecular weight excluding hydrogens is 354 g/mol. The van der Waals surface area contributed by atoms with Crippen LogP contribution in [0.3, 0.4) is 0 Å². The van der Waals surface area contributed by atoms with E-state index in [1.165, 1.54) is 12.3 Å². The van der Waals surface area contributed by atoms with Gasteiger partial charge in [-0.25, -0.2) is 13.4 Å². The number of likely N-dealkylation sites (tertiary alicyclic amines) is 1. The van der Waals surface area contributed by atoms with Crippen molar-refractivity contribution < 1.29 is 17.9 Å². The standard InChI is InChI=1S/C18H25N3O4S/c1-26(22,23)17-6-7-18(20-12-17)25-15-4-2-14(3-5-15)24-16-8-10-21(13-19)11-9-16/h6-7,12,14-16H,2-5,8-11H2,1H3. The van der Waals surface area contributed by atoms with Crippen LogP contribution in [0.5, 0.6) is 5.88 Å². The van der Waals surface area contributed by atoms with Crippen LogP contribution >= 0.6 is 0 Å². The minimum Gasteiger partial charge on any atom is -0.474 e. The van der Waals surface area contributed by atoms with Gasteiger partial charge in [0, 0.05) is 31.6 Å². The second-order valence-electron chi connectivity index (χ2n) is 7.04. The number of piperidine rings is 1. The first-order valence-corrected chi connectivity index (χ1v) is 11.0. The van der Waals surface area contributed by atoms with Gasteiger partial charge in [-0.1, -0.05) is 0 Å². The molecule has 1 aromatic heterocycles. The number of pyridine rings is 1. The van der Waals surface area contributed by atoms with Gasteiger partial charge in [-0.05, 0) is 44.6 Å². The molecule has 0 N–H and O–H groups in total. The largest absolute Gasteiger partial charge is 0.474 e. The van der Waals surface area contributed by atoms with Gasteiger partial charge in [-0.15, -0.1) is 0 Å². The highest BCUT2D eigenvalue weighted by Crippen LogP contribution is 2.27. The van der Waals surface area contributed by atoms with Crippen molar-refractivity contribution in [1.82, 2.24) is 9.88 Å². The van der Waals surface area contributed by atoms with Gasteiger partial charge < -0.3 is 14.4 Å². The highest BCUT2D eigenvalue weighted by atomic mass is 32.2. The van der Waals surface area contributed by atoms with Crippen molar-refractivity contribution in [3.05, 3.63) is 18.3 Å². The summed E-state index contributed by atoms with van der Waals surface area (Å²) in [6.45, 7) is 1.57. The van der Waals surface area contributed by atoms with Gasteiger partial charge in [0.15, 0.2) is 16.0 Å². The zero-order valence-corrected chi connectivity index (χ0v) is 15.8. The number of hydrogen-bond acceptors (Lipinski definition) is 7. The van der Waals surface area contributed by atoms with E-state index in [0.717, 1.165) is 57.9 Å². The molecular formula is C18H25N3O4S. The Bertz CT molecular complexity index is 729. The SMILES string of the molecule is CS(=O)(=O)c1ccc(OC2CCC(OC3CCN(C#N)CC3)CC2)nc1. The summed E-state index contributed by atoms with van der Waals surface area (Å²) in [5.74, 6) is 0.464. The fourth-order valence-corrected chi connectivity index (χ4v) is 4.04. The summed E-state index contributed by atoms with van der Waals surface area (Å²) in [6.07, 6.45) is 10.8. The first kappa shape index (κ1) is 18.9. The molecule has 0 bridgehead atoms. The second kappa shape index (κ2) is 8.23. The van der Waals surface area contributed by atoms with Crippen molar-refractivity contribution in [3.63, 3.8) is 0 Å². The minimum absolute atomic E-state index is 0.0897. The van der Waals surface area contributed by atoms with E-state index in [9.17, 15) is 8.42 Å². The zero-order valence-electron chi connectivity index (χ0n) is 15.0. The Morgan fingerprint density at radius 2 is 1.69 bits per heavy atom. The van der Waals surface area contributed by atoms with Gasteiger partial charge in [0.25, 0.3) is 0 Å². The predicted octanol–water partition coefficient (Wildman–Crippen LogP) is 2.14. The van der Waals surface area contributed by atoms with Crippen LogP contribution in [-0.2, 0) is 14.6 Å². The van der Waals surface area contributed by atoms with E-state index in [-0.39, 0.29) is 23.2 Å². The van der Waals surface area contributed by atoms with Gasteiger partial charge in [0.05, 0.1) is 17.1 Å². The maximum absolute atomic E-state index is 11.5. The van der Waals surface area contributed by atoms with Gasteiger partial charge in [0.2, 0.25) is 5.88 Å². The minimum atomic E-state index is -3.23. The number of sulfone groups is 1. The number of nitrogens with zero attached hydrogens (tertiary/aromatic N) is 3. The van der Waals surface area contributed by atoms with E-state index >= 15 is 0 Å². The maximum atomic E-state index is 11.5. The zero-order chi connectivity index (χ0) is 18.6. The molecule has 1 saturated carbocycles. The van der Waals surface area contributed by atoms with Crippen LogP contribution in [0.1, 0.15) is 38.5 Å². The Morgan fingerprint density at radius 1 is 1.08 bits per heavy atom. The lowest BCUT2D eigenvalue weighted by Gasteiger charge is -2.34. The summed E-state index contributed by atoms with van der Waals surface area (Å²) >= 11 is 0. The molecule has 2 aliphatic rings. The van der Waals surface area contributed by atoms with Crippen LogP contribution in [0.2, 0.25) is 0 Å². The van der Waals surface area contributed by atoms with Crippen molar-refractivity contribution >= 4 is 9.84 Å². The number of aromatic nitrogens is 1. The van der Waals surface area contributed by atoms with Crippen molar-refractivity contribution in [2.45, 2.75) is 61.7 Å². The molecule has 8 heteroatoms. The average Bonchev–Trinajstić information content (AvgIpc) is 2.64. The number of rotatable bonds is 5. The average molecular weight is 379 g/mol. The van der Waals surface area contributed by atoms with E-state index in [2.05, 4.69) is 11.2 Å². The molecule has 0 amide bonds. The third kappa shape index (κ3) is 5.08. The molecule has 1 aliphatic heterocycles. The smallest absolute Gasteiger partial charge is 0.213 e. The van der Waals surface area contributed by atoms with Crippen molar-refractivity contribution in [1.29, 1.82) is 5.26 Å². The van der Waals surface area contributed by atoms with Crippen molar-refractivity contribution in [2.24, 2.45) is 0 Å². The first-order chi connectivity index (χ1) is 12.4. The van der Waals surface area contributed by atoms with Gasteiger partial charge in [0.1, 0.15) is 6.10 Å². The molecule has 1 saturated heterocycles. The molecule has 1 aliphatic carbocycles. The van der Waals surface area contributed by atoms with Crippen LogP contribution in [0.25, 0.3) is 0 Å². The topological polar surface area (TPSA) is 92.5 Å². The van der Waals surface area contributed by atoms with E-state index in [4.69, 9.17) is 14.7 Å². The Hall–Kier alpha value is -1.85. The fraction of sp³-hybridized carbons (Fsp3) is 0.667. The highest BCUT2D eigenvalue weighted by molar-refractivity contribution is 7.90. The Labute approximate surface area is 154 Å². The Morgan fingerprint density at radius 3 is 2.23 bits per heavy atom. The molecule has 142 valence electrons. The van der Waals surface area contributed by atoms with Gasteiger partial charge in [-0.2, -0.15) is 5.26 Å². The molecule has 0 aromatic carbocycles. The third-order valence-electron chi connectivity index (χ3n) is 5.01. The Balaban J connectivity index is 1.42. The summed E-state index contributed by atoms with van der Waals surface area (Å²) in [7, 11) is -3.23. The van der Waals surface area contributed by atoms with Crippen LogP contribution in [0, 0.1) is 11.5 Å². The van der Waals surface area contributed by atoms with Crippen LogP contribution in [0.15, 0.2) is 23.2 Å². The third-order valence-corrected chi connectivity index (χ3v) is 6.11. The fourth-order valence-electron chi connectivity index (χ4n) is 3.48. The first-order valence-electron chi connectivity index (χ1n) is 9.07. The molecule has 0 atom stereocenters. The van der Waals surface area contributed by atoms with E-state index in [1.807, 2.05) is 0 Å². The molecule has 7 nitrogen and oxygen atoms in total. The summed E-state index contributed by atoms with van der Waals surface area (Å²) in [5, 5.41) is 8.89. The van der Waals surface area contributed by atoms with E-state index in [0.29, 0.717) is 5.88 Å². The lowest BCUT2D eigenvalue weighted by atomic mass is 9.94. The molecule has 1 aromatic rings. The van der Waals surface area contributed by atoms with Crippen LogP contribution in [0.4, 0.5) is 0 Å². The van der Waals surface area contributed by atoms with Gasteiger partial charge >= 0.3 is 0 Å². The lowest BCUT2D eigenvalue weighted by Crippen LogP contribution is -2.37. The molecule has 2 heterocycles. The molecule has 3 rings (SSSR count). The predicted molar refractivity (Wildman–Crippen MR) is 95.3 cm³/mol. The van der Waals surface area contributed by atoms with Crippen LogP contribution in [-0.4, -0.2) is 56.0 Å².